The van der Waals surface area contributed by atoms with E-state index < -0.39 is 0 Å². The van der Waals surface area contributed by atoms with Gasteiger partial charge in [-0.15, -0.1) is 0 Å². The summed E-state index contributed by atoms with van der Waals surface area (Å²) in [6.45, 7) is 8.17. The smallest absolute Gasteiger partial charge is 0.302 e. The first-order chi connectivity index (χ1) is 12.3. The van der Waals surface area contributed by atoms with E-state index in [0.29, 0.717) is 17.3 Å². The van der Waals surface area contributed by atoms with Crippen molar-refractivity contribution >= 4 is 11.8 Å². The molecule has 7 unspecified atom stereocenters. The number of ketones is 1. The molecule has 0 bridgehead atoms. The summed E-state index contributed by atoms with van der Waals surface area (Å²) in [5.41, 5.74) is 1.62. The fraction of sp³-hybridized carbons (Fsp3) is 0.826. The van der Waals surface area contributed by atoms with Gasteiger partial charge in [-0.1, -0.05) is 19.9 Å². The molecule has 26 heavy (non-hydrogen) atoms. The Bertz CT molecular complexity index is 650. The molecule has 3 nitrogen and oxygen atoms in total. The van der Waals surface area contributed by atoms with Crippen molar-refractivity contribution in [3.05, 3.63) is 11.6 Å². The van der Waals surface area contributed by atoms with Crippen molar-refractivity contribution < 1.29 is 14.3 Å². The zero-order valence-corrected chi connectivity index (χ0v) is 16.8. The van der Waals surface area contributed by atoms with Crippen LogP contribution in [0.5, 0.6) is 0 Å². The first kappa shape index (κ1) is 18.3. The zero-order chi connectivity index (χ0) is 18.7. The summed E-state index contributed by atoms with van der Waals surface area (Å²) in [5, 5.41) is 0. The molecule has 4 aliphatic carbocycles. The van der Waals surface area contributed by atoms with E-state index in [2.05, 4.69) is 19.9 Å². The zero-order valence-electron chi connectivity index (χ0n) is 16.8. The van der Waals surface area contributed by atoms with Gasteiger partial charge in [0.2, 0.25) is 0 Å². The summed E-state index contributed by atoms with van der Waals surface area (Å²) in [5.74, 6) is 3.03. The summed E-state index contributed by atoms with van der Waals surface area (Å²) in [6, 6.07) is 0. The molecule has 7 atom stereocenters. The number of ether oxygens (including phenoxy) is 1. The van der Waals surface area contributed by atoms with Crippen LogP contribution in [0.1, 0.15) is 79.1 Å². The number of Topliss-reactive ketones (excluding diaryl/α,β-unsaturated/α-hetero) is 1. The molecule has 144 valence electrons. The maximum absolute atomic E-state index is 12.2. The molecule has 0 saturated heterocycles. The van der Waals surface area contributed by atoms with Crippen molar-refractivity contribution in [3.8, 4) is 0 Å². The molecular formula is C23H34O3. The number of carbonyl (C=O) groups is 2. The van der Waals surface area contributed by atoms with Crippen LogP contribution in [0.25, 0.3) is 0 Å². The van der Waals surface area contributed by atoms with Crippen molar-refractivity contribution in [3.63, 3.8) is 0 Å². The molecular weight excluding hydrogens is 324 g/mol. The second-order valence-corrected chi connectivity index (χ2v) is 10.0. The average Bonchev–Trinajstić information content (AvgIpc) is 2.92. The van der Waals surface area contributed by atoms with Crippen LogP contribution in [0.3, 0.4) is 0 Å². The number of esters is 1. The van der Waals surface area contributed by atoms with Gasteiger partial charge in [0.15, 0.2) is 5.78 Å². The lowest BCUT2D eigenvalue weighted by Crippen LogP contribution is -2.54. The second-order valence-electron chi connectivity index (χ2n) is 10.0. The van der Waals surface area contributed by atoms with Crippen molar-refractivity contribution in [2.75, 3.05) is 0 Å². The van der Waals surface area contributed by atoms with Gasteiger partial charge in [0.05, 0.1) is 0 Å². The first-order valence-corrected chi connectivity index (χ1v) is 10.6. The molecule has 4 rings (SSSR count). The van der Waals surface area contributed by atoms with E-state index in [4.69, 9.17) is 4.74 Å². The van der Waals surface area contributed by atoms with Crippen molar-refractivity contribution in [2.24, 2.45) is 34.5 Å². The summed E-state index contributed by atoms with van der Waals surface area (Å²) in [7, 11) is 0. The Morgan fingerprint density at radius 3 is 2.50 bits per heavy atom. The predicted octanol–water partition coefficient (Wildman–Crippen LogP) is 5.09. The molecule has 0 aromatic rings. The number of fused-ring (bicyclic) bond motifs is 5. The van der Waals surface area contributed by atoms with Gasteiger partial charge in [0, 0.05) is 6.92 Å². The molecule has 0 aromatic carbocycles. The molecule has 0 spiro atoms. The normalized spacial score (nSPS) is 47.2. The first-order valence-electron chi connectivity index (χ1n) is 10.6. The van der Waals surface area contributed by atoms with E-state index >= 15 is 0 Å². The van der Waals surface area contributed by atoms with Gasteiger partial charge in [-0.2, -0.15) is 0 Å². The SMILES string of the molecule is CC(=O)OC1CCC2(C)C(CCC3C4CC=C(C(C)=O)C4(C)CCC32)C1. The highest BCUT2D eigenvalue weighted by Gasteiger charge is 2.59. The van der Waals surface area contributed by atoms with Gasteiger partial charge in [-0.25, -0.2) is 0 Å². The van der Waals surface area contributed by atoms with Crippen LogP contribution < -0.4 is 0 Å². The summed E-state index contributed by atoms with van der Waals surface area (Å²) in [6.07, 6.45) is 11.7. The maximum Gasteiger partial charge on any atom is 0.302 e. The monoisotopic (exact) mass is 358 g/mol. The Morgan fingerprint density at radius 1 is 1.04 bits per heavy atom. The van der Waals surface area contributed by atoms with Crippen molar-refractivity contribution in [1.29, 1.82) is 0 Å². The third-order valence-corrected chi connectivity index (χ3v) is 8.91. The van der Waals surface area contributed by atoms with Gasteiger partial charge in [-0.3, -0.25) is 9.59 Å². The third-order valence-electron chi connectivity index (χ3n) is 8.91. The average molecular weight is 359 g/mol. The van der Waals surface area contributed by atoms with Crippen LogP contribution in [0.15, 0.2) is 11.6 Å². The van der Waals surface area contributed by atoms with Gasteiger partial charge in [-0.05, 0) is 98.4 Å². The summed E-state index contributed by atoms with van der Waals surface area (Å²) < 4.78 is 5.56. The molecule has 0 N–H and O–H groups in total. The van der Waals surface area contributed by atoms with E-state index in [-0.39, 0.29) is 23.3 Å². The number of allylic oxidation sites excluding steroid dienone is 2. The van der Waals surface area contributed by atoms with Crippen LogP contribution in [0.2, 0.25) is 0 Å². The number of hydrogen-bond donors (Lipinski definition) is 0. The van der Waals surface area contributed by atoms with Crippen LogP contribution in [-0.2, 0) is 14.3 Å². The van der Waals surface area contributed by atoms with E-state index in [1.807, 2.05) is 0 Å². The van der Waals surface area contributed by atoms with E-state index in [9.17, 15) is 9.59 Å². The number of carbonyl (C=O) groups excluding carboxylic acids is 2. The number of rotatable bonds is 2. The van der Waals surface area contributed by atoms with Crippen LogP contribution >= 0.6 is 0 Å². The highest BCUT2D eigenvalue weighted by molar-refractivity contribution is 5.95. The molecule has 3 saturated carbocycles. The van der Waals surface area contributed by atoms with Crippen LogP contribution in [0.4, 0.5) is 0 Å². The highest BCUT2D eigenvalue weighted by atomic mass is 16.5. The Labute approximate surface area is 157 Å². The molecule has 3 fully saturated rings. The third kappa shape index (κ3) is 2.60. The minimum absolute atomic E-state index is 0.116. The minimum Gasteiger partial charge on any atom is -0.463 e. The molecule has 0 amide bonds. The largest absolute Gasteiger partial charge is 0.463 e. The molecule has 0 radical (unpaired) electrons. The predicted molar refractivity (Wildman–Crippen MR) is 101 cm³/mol. The van der Waals surface area contributed by atoms with Crippen LogP contribution in [-0.4, -0.2) is 17.9 Å². The Balaban J connectivity index is 1.54. The van der Waals surface area contributed by atoms with E-state index in [1.165, 1.54) is 39.0 Å². The molecule has 3 heteroatoms. The van der Waals surface area contributed by atoms with Gasteiger partial charge in [0.1, 0.15) is 6.10 Å². The van der Waals surface area contributed by atoms with Crippen LogP contribution in [0, 0.1) is 34.5 Å². The second kappa shape index (κ2) is 6.21. The maximum atomic E-state index is 12.2. The Hall–Kier alpha value is -1.12. The highest BCUT2D eigenvalue weighted by Crippen LogP contribution is 2.66. The lowest BCUT2D eigenvalue weighted by molar-refractivity contribution is -0.159. The molecule has 4 aliphatic rings. The van der Waals surface area contributed by atoms with Crippen molar-refractivity contribution in [2.45, 2.75) is 85.2 Å². The lowest BCUT2D eigenvalue weighted by Gasteiger charge is -2.60. The molecule has 0 heterocycles. The Morgan fingerprint density at radius 2 is 1.81 bits per heavy atom. The lowest BCUT2D eigenvalue weighted by atomic mass is 9.44. The quantitative estimate of drug-likeness (QED) is 0.646. The molecule has 0 aliphatic heterocycles. The van der Waals surface area contributed by atoms with E-state index in [1.54, 1.807) is 6.92 Å². The van der Waals surface area contributed by atoms with Gasteiger partial charge in [0.25, 0.3) is 0 Å². The van der Waals surface area contributed by atoms with E-state index in [0.717, 1.165) is 36.7 Å². The fourth-order valence-electron chi connectivity index (χ4n) is 7.67. The number of hydrogen-bond acceptors (Lipinski definition) is 3. The minimum atomic E-state index is -0.130. The van der Waals surface area contributed by atoms with Gasteiger partial charge < -0.3 is 4.74 Å². The standard InChI is InChI=1S/C23H34O3/c1-14(24)19-7-8-20-18-6-5-16-13-17(26-15(2)25)9-11-22(16,3)21(18)10-12-23(19,20)4/h7,16-18,20-21H,5-6,8-13H2,1-4H3. The molecule has 0 aromatic heterocycles. The fourth-order valence-corrected chi connectivity index (χ4v) is 7.67. The topological polar surface area (TPSA) is 43.4 Å². The summed E-state index contributed by atoms with van der Waals surface area (Å²) in [4.78, 5) is 23.5. The summed E-state index contributed by atoms with van der Waals surface area (Å²) >= 11 is 0. The Kier molecular flexibility index (Phi) is 4.36. The van der Waals surface area contributed by atoms with Crippen molar-refractivity contribution in [1.82, 2.24) is 0 Å². The van der Waals surface area contributed by atoms with Gasteiger partial charge >= 0.3 is 5.97 Å².